The Kier molecular flexibility index (Phi) is 3.27. The largest absolute Gasteiger partial charge is 0.391 e. The van der Waals surface area contributed by atoms with Gasteiger partial charge < -0.3 is 10.4 Å². The molecular formula is C13H19NO. The maximum absolute atomic E-state index is 9.75. The normalized spacial score (nSPS) is 25.5. The molecule has 2 rings (SSSR count). The van der Waals surface area contributed by atoms with Crippen LogP contribution >= 0.6 is 0 Å². The Hall–Kier alpha value is -1.02. The Labute approximate surface area is 91.3 Å². The van der Waals surface area contributed by atoms with Gasteiger partial charge in [0, 0.05) is 5.69 Å². The van der Waals surface area contributed by atoms with Gasteiger partial charge in [0.05, 0.1) is 12.1 Å². The fraction of sp³-hybridized carbons (Fsp3) is 0.538. The molecular weight excluding hydrogens is 186 g/mol. The molecule has 0 unspecified atom stereocenters. The van der Waals surface area contributed by atoms with Crippen LogP contribution in [-0.2, 0) is 6.42 Å². The molecule has 0 aromatic heterocycles. The van der Waals surface area contributed by atoms with Gasteiger partial charge in [-0.05, 0) is 37.3 Å². The van der Waals surface area contributed by atoms with Crippen molar-refractivity contribution in [3.8, 4) is 0 Å². The number of aliphatic hydroxyl groups excluding tert-OH is 1. The van der Waals surface area contributed by atoms with E-state index in [2.05, 4.69) is 30.4 Å². The molecule has 0 bridgehead atoms. The molecule has 1 aliphatic rings. The van der Waals surface area contributed by atoms with E-state index in [1.165, 1.54) is 11.3 Å². The summed E-state index contributed by atoms with van der Waals surface area (Å²) in [5, 5.41) is 13.2. The van der Waals surface area contributed by atoms with Gasteiger partial charge in [0.1, 0.15) is 0 Å². The third kappa shape index (κ3) is 2.32. The number of hydrogen-bond donors (Lipinski definition) is 2. The SMILES string of the molecule is CCc1ccccc1N[C@@H]1CCC[C@H]1O. The molecule has 1 aliphatic carbocycles. The average molecular weight is 205 g/mol. The third-order valence-corrected chi connectivity index (χ3v) is 3.22. The predicted molar refractivity (Wildman–Crippen MR) is 63.1 cm³/mol. The van der Waals surface area contributed by atoms with Crippen molar-refractivity contribution < 1.29 is 5.11 Å². The van der Waals surface area contributed by atoms with Crippen molar-refractivity contribution >= 4 is 5.69 Å². The molecule has 2 atom stereocenters. The molecule has 1 saturated carbocycles. The first-order valence-corrected chi connectivity index (χ1v) is 5.83. The summed E-state index contributed by atoms with van der Waals surface area (Å²) in [7, 11) is 0. The summed E-state index contributed by atoms with van der Waals surface area (Å²) in [4.78, 5) is 0. The first kappa shape index (κ1) is 10.5. The Bertz CT molecular complexity index is 324. The van der Waals surface area contributed by atoms with Gasteiger partial charge >= 0.3 is 0 Å². The molecule has 2 nitrogen and oxygen atoms in total. The highest BCUT2D eigenvalue weighted by Gasteiger charge is 2.25. The molecule has 0 radical (unpaired) electrons. The fourth-order valence-electron chi connectivity index (χ4n) is 2.28. The zero-order chi connectivity index (χ0) is 10.7. The molecule has 1 fully saturated rings. The quantitative estimate of drug-likeness (QED) is 0.795. The summed E-state index contributed by atoms with van der Waals surface area (Å²) in [5.41, 5.74) is 2.52. The Morgan fingerprint density at radius 2 is 2.13 bits per heavy atom. The molecule has 0 aliphatic heterocycles. The first-order chi connectivity index (χ1) is 7.31. The van der Waals surface area contributed by atoms with Crippen molar-refractivity contribution in [2.45, 2.75) is 44.8 Å². The van der Waals surface area contributed by atoms with E-state index >= 15 is 0 Å². The smallest absolute Gasteiger partial charge is 0.0741 e. The van der Waals surface area contributed by atoms with Gasteiger partial charge in [-0.1, -0.05) is 25.1 Å². The number of aliphatic hydroxyl groups is 1. The summed E-state index contributed by atoms with van der Waals surface area (Å²) in [6, 6.07) is 8.60. The molecule has 1 aromatic carbocycles. The van der Waals surface area contributed by atoms with Crippen molar-refractivity contribution in [3.05, 3.63) is 29.8 Å². The second kappa shape index (κ2) is 4.67. The Balaban J connectivity index is 2.09. The van der Waals surface area contributed by atoms with Gasteiger partial charge in [-0.25, -0.2) is 0 Å². The van der Waals surface area contributed by atoms with Crippen molar-refractivity contribution in [2.24, 2.45) is 0 Å². The minimum absolute atomic E-state index is 0.171. The number of para-hydroxylation sites is 1. The van der Waals surface area contributed by atoms with Gasteiger partial charge in [-0.3, -0.25) is 0 Å². The van der Waals surface area contributed by atoms with Crippen LogP contribution in [0, 0.1) is 0 Å². The topological polar surface area (TPSA) is 32.3 Å². The first-order valence-electron chi connectivity index (χ1n) is 5.83. The number of hydrogen-bond acceptors (Lipinski definition) is 2. The molecule has 2 N–H and O–H groups in total. The number of anilines is 1. The lowest BCUT2D eigenvalue weighted by molar-refractivity contribution is 0.172. The average Bonchev–Trinajstić information content (AvgIpc) is 2.65. The van der Waals surface area contributed by atoms with Crippen LogP contribution < -0.4 is 5.32 Å². The lowest BCUT2D eigenvalue weighted by Crippen LogP contribution is -2.28. The predicted octanol–water partition coefficient (Wildman–Crippen LogP) is 2.57. The van der Waals surface area contributed by atoms with Gasteiger partial charge in [0.2, 0.25) is 0 Å². The summed E-state index contributed by atoms with van der Waals surface area (Å²) < 4.78 is 0. The van der Waals surface area contributed by atoms with E-state index in [0.29, 0.717) is 0 Å². The summed E-state index contributed by atoms with van der Waals surface area (Å²) in [5.74, 6) is 0. The summed E-state index contributed by atoms with van der Waals surface area (Å²) >= 11 is 0. The van der Waals surface area contributed by atoms with Crippen molar-refractivity contribution in [1.29, 1.82) is 0 Å². The second-order valence-electron chi connectivity index (χ2n) is 4.26. The number of nitrogens with one attached hydrogen (secondary N) is 1. The number of benzene rings is 1. The highest BCUT2D eigenvalue weighted by Crippen LogP contribution is 2.25. The summed E-state index contributed by atoms with van der Waals surface area (Å²) in [6.45, 7) is 2.16. The van der Waals surface area contributed by atoms with E-state index in [0.717, 1.165) is 25.7 Å². The van der Waals surface area contributed by atoms with Crippen LogP contribution in [-0.4, -0.2) is 17.3 Å². The molecule has 0 saturated heterocycles. The fourth-order valence-corrected chi connectivity index (χ4v) is 2.28. The van der Waals surface area contributed by atoms with Gasteiger partial charge in [-0.15, -0.1) is 0 Å². The van der Waals surface area contributed by atoms with E-state index in [1.54, 1.807) is 0 Å². The summed E-state index contributed by atoms with van der Waals surface area (Å²) in [6.07, 6.45) is 4.01. The monoisotopic (exact) mass is 205 g/mol. The molecule has 0 heterocycles. The zero-order valence-corrected chi connectivity index (χ0v) is 9.24. The molecule has 2 heteroatoms. The third-order valence-electron chi connectivity index (χ3n) is 3.22. The van der Waals surface area contributed by atoms with Gasteiger partial charge in [0.15, 0.2) is 0 Å². The van der Waals surface area contributed by atoms with Crippen LogP contribution in [0.25, 0.3) is 0 Å². The maximum Gasteiger partial charge on any atom is 0.0741 e. The zero-order valence-electron chi connectivity index (χ0n) is 9.24. The van der Waals surface area contributed by atoms with Crippen LogP contribution in [0.4, 0.5) is 5.69 Å². The van der Waals surface area contributed by atoms with E-state index < -0.39 is 0 Å². The Morgan fingerprint density at radius 1 is 1.33 bits per heavy atom. The van der Waals surface area contributed by atoms with E-state index in [1.807, 2.05) is 6.07 Å². The van der Waals surface area contributed by atoms with Crippen LogP contribution in [0.15, 0.2) is 24.3 Å². The minimum Gasteiger partial charge on any atom is -0.391 e. The van der Waals surface area contributed by atoms with E-state index in [9.17, 15) is 5.11 Å². The molecule has 15 heavy (non-hydrogen) atoms. The highest BCUT2D eigenvalue weighted by molar-refractivity contribution is 5.52. The molecule has 1 aromatic rings. The van der Waals surface area contributed by atoms with Crippen LogP contribution in [0.2, 0.25) is 0 Å². The van der Waals surface area contributed by atoms with Crippen molar-refractivity contribution in [1.82, 2.24) is 0 Å². The van der Waals surface area contributed by atoms with Gasteiger partial charge in [0.25, 0.3) is 0 Å². The van der Waals surface area contributed by atoms with Crippen LogP contribution in [0.5, 0.6) is 0 Å². The van der Waals surface area contributed by atoms with Crippen molar-refractivity contribution in [3.63, 3.8) is 0 Å². The van der Waals surface area contributed by atoms with Gasteiger partial charge in [-0.2, -0.15) is 0 Å². The van der Waals surface area contributed by atoms with E-state index in [-0.39, 0.29) is 12.1 Å². The second-order valence-corrected chi connectivity index (χ2v) is 4.26. The maximum atomic E-state index is 9.75. The van der Waals surface area contributed by atoms with Crippen LogP contribution in [0.1, 0.15) is 31.7 Å². The molecule has 82 valence electrons. The lowest BCUT2D eigenvalue weighted by Gasteiger charge is -2.19. The van der Waals surface area contributed by atoms with Crippen LogP contribution in [0.3, 0.4) is 0 Å². The highest BCUT2D eigenvalue weighted by atomic mass is 16.3. The lowest BCUT2D eigenvalue weighted by atomic mass is 10.1. The molecule has 0 spiro atoms. The standard InChI is InChI=1S/C13H19NO/c1-2-10-6-3-4-7-11(10)14-12-8-5-9-13(12)15/h3-4,6-7,12-15H,2,5,8-9H2,1H3/t12-,13-/m1/s1. The molecule has 0 amide bonds. The number of aryl methyl sites for hydroxylation is 1. The van der Waals surface area contributed by atoms with E-state index in [4.69, 9.17) is 0 Å². The number of rotatable bonds is 3. The minimum atomic E-state index is -0.171. The van der Waals surface area contributed by atoms with Crippen molar-refractivity contribution in [2.75, 3.05) is 5.32 Å². The Morgan fingerprint density at radius 3 is 2.80 bits per heavy atom.